The Hall–Kier alpha value is -2.41. The minimum absolute atomic E-state index is 0.109. The van der Waals surface area contributed by atoms with Gasteiger partial charge in [-0.15, -0.1) is 0 Å². The van der Waals surface area contributed by atoms with Crippen LogP contribution in [0.2, 0.25) is 0 Å². The summed E-state index contributed by atoms with van der Waals surface area (Å²) in [7, 11) is -3.41. The number of hydrogen-bond donors (Lipinski definition) is 1. The van der Waals surface area contributed by atoms with Crippen molar-refractivity contribution >= 4 is 21.6 Å². The third-order valence-corrected chi connectivity index (χ3v) is 5.07. The van der Waals surface area contributed by atoms with E-state index in [4.69, 9.17) is 0 Å². The highest BCUT2D eigenvalue weighted by Gasteiger charge is 2.18. The lowest BCUT2D eigenvalue weighted by Crippen LogP contribution is -2.32. The smallest absolute Gasteiger partial charge is 0.232 e. The van der Waals surface area contributed by atoms with Gasteiger partial charge < -0.3 is 5.32 Å². The van der Waals surface area contributed by atoms with Crippen molar-refractivity contribution in [1.82, 2.24) is 10.3 Å². The number of pyridine rings is 1. The molecule has 0 bridgehead atoms. The molecule has 140 valence electrons. The number of hydrogen-bond acceptors (Lipinski definition) is 4. The molecular formula is C19H25N3O3S. The molecule has 0 radical (unpaired) electrons. The summed E-state index contributed by atoms with van der Waals surface area (Å²) in [5, 5.41) is 2.82. The zero-order valence-corrected chi connectivity index (χ0v) is 16.2. The maximum Gasteiger partial charge on any atom is 0.232 e. The van der Waals surface area contributed by atoms with Gasteiger partial charge in [-0.2, -0.15) is 0 Å². The van der Waals surface area contributed by atoms with Crippen LogP contribution < -0.4 is 9.62 Å². The monoisotopic (exact) mass is 375 g/mol. The molecular weight excluding hydrogens is 350 g/mol. The largest absolute Gasteiger partial charge is 0.352 e. The van der Waals surface area contributed by atoms with E-state index in [0.29, 0.717) is 18.7 Å². The van der Waals surface area contributed by atoms with E-state index in [1.807, 2.05) is 44.2 Å². The Morgan fingerprint density at radius 2 is 1.88 bits per heavy atom. The number of sulfonamides is 1. The van der Waals surface area contributed by atoms with Crippen LogP contribution in [0, 0.1) is 13.8 Å². The average Bonchev–Trinajstić information content (AvgIpc) is 2.55. The third kappa shape index (κ3) is 6.15. The quantitative estimate of drug-likeness (QED) is 0.769. The zero-order valence-electron chi connectivity index (χ0n) is 15.4. The normalized spacial score (nSPS) is 11.2. The number of nitrogens with zero attached hydrogens (tertiary/aromatic N) is 2. The fourth-order valence-corrected chi connectivity index (χ4v) is 3.71. The van der Waals surface area contributed by atoms with Crippen LogP contribution in [-0.4, -0.2) is 32.1 Å². The molecule has 0 spiro atoms. The average molecular weight is 375 g/mol. The predicted octanol–water partition coefficient (Wildman–Crippen LogP) is 2.56. The molecule has 0 saturated carbocycles. The molecule has 0 aliphatic heterocycles. The number of benzene rings is 1. The molecule has 0 unspecified atom stereocenters. The van der Waals surface area contributed by atoms with Crippen LogP contribution in [0.25, 0.3) is 0 Å². The minimum atomic E-state index is -3.41. The van der Waals surface area contributed by atoms with E-state index < -0.39 is 10.0 Å². The highest BCUT2D eigenvalue weighted by Crippen LogP contribution is 2.21. The first-order valence-corrected chi connectivity index (χ1v) is 10.3. The lowest BCUT2D eigenvalue weighted by molar-refractivity contribution is -0.121. The Labute approximate surface area is 155 Å². The van der Waals surface area contributed by atoms with E-state index in [1.165, 1.54) is 10.6 Å². The van der Waals surface area contributed by atoms with Crippen molar-refractivity contribution in [1.29, 1.82) is 0 Å². The first kappa shape index (κ1) is 19.9. The van der Waals surface area contributed by atoms with Crippen LogP contribution in [0.1, 0.15) is 29.5 Å². The third-order valence-electron chi connectivity index (χ3n) is 3.87. The van der Waals surface area contributed by atoms with Crippen LogP contribution in [0.5, 0.6) is 0 Å². The van der Waals surface area contributed by atoms with Crippen molar-refractivity contribution < 1.29 is 13.2 Å². The maximum atomic E-state index is 12.2. The SMILES string of the molecule is Cc1cc(C)cc(N(CCCC(=O)NCc2cccnc2)S(C)(=O)=O)c1. The number of carbonyl (C=O) groups is 1. The number of anilines is 1. The van der Waals surface area contributed by atoms with E-state index >= 15 is 0 Å². The Kier molecular flexibility index (Phi) is 6.74. The molecule has 2 aromatic rings. The number of rotatable bonds is 8. The Balaban J connectivity index is 1.92. The molecule has 0 atom stereocenters. The fraction of sp³-hybridized carbons (Fsp3) is 0.368. The molecule has 7 heteroatoms. The van der Waals surface area contributed by atoms with Crippen LogP contribution in [0.15, 0.2) is 42.7 Å². The number of nitrogens with one attached hydrogen (secondary N) is 1. The molecule has 0 saturated heterocycles. The number of aromatic nitrogens is 1. The number of aryl methyl sites for hydroxylation is 2. The summed E-state index contributed by atoms with van der Waals surface area (Å²) in [6.07, 6.45) is 5.27. The van der Waals surface area contributed by atoms with Gasteiger partial charge in [0.05, 0.1) is 11.9 Å². The van der Waals surface area contributed by atoms with Gasteiger partial charge in [-0.3, -0.25) is 14.1 Å². The Bertz CT molecular complexity index is 831. The van der Waals surface area contributed by atoms with Gasteiger partial charge in [0.1, 0.15) is 0 Å². The van der Waals surface area contributed by atoms with Crippen LogP contribution >= 0.6 is 0 Å². The molecule has 1 N–H and O–H groups in total. The van der Waals surface area contributed by atoms with E-state index in [2.05, 4.69) is 10.3 Å². The molecule has 0 aliphatic carbocycles. The molecule has 6 nitrogen and oxygen atoms in total. The standard InChI is InChI=1S/C19H25N3O3S/c1-15-10-16(2)12-18(11-15)22(26(3,24)25)9-5-7-19(23)21-14-17-6-4-8-20-13-17/h4,6,8,10-13H,5,7,9,14H2,1-3H3,(H,21,23). The summed E-state index contributed by atoms with van der Waals surface area (Å²) in [6, 6.07) is 9.39. The highest BCUT2D eigenvalue weighted by atomic mass is 32.2. The van der Waals surface area contributed by atoms with Crippen molar-refractivity contribution in [2.24, 2.45) is 0 Å². The van der Waals surface area contributed by atoms with Crippen molar-refractivity contribution in [2.45, 2.75) is 33.2 Å². The molecule has 1 aromatic heterocycles. The second kappa shape index (κ2) is 8.80. The molecule has 0 aliphatic rings. The van der Waals surface area contributed by atoms with Crippen LogP contribution in [0.4, 0.5) is 5.69 Å². The van der Waals surface area contributed by atoms with E-state index in [1.54, 1.807) is 12.4 Å². The second-order valence-electron chi connectivity index (χ2n) is 6.42. The summed E-state index contributed by atoms with van der Waals surface area (Å²) in [5.74, 6) is -0.109. The first-order chi connectivity index (χ1) is 12.3. The molecule has 1 heterocycles. The van der Waals surface area contributed by atoms with Crippen molar-refractivity contribution in [2.75, 3.05) is 17.1 Å². The van der Waals surface area contributed by atoms with Gasteiger partial charge in [0.2, 0.25) is 15.9 Å². The highest BCUT2D eigenvalue weighted by molar-refractivity contribution is 7.92. The summed E-state index contributed by atoms with van der Waals surface area (Å²) in [4.78, 5) is 16.0. The van der Waals surface area contributed by atoms with E-state index in [-0.39, 0.29) is 18.9 Å². The van der Waals surface area contributed by atoms with Crippen LogP contribution in [-0.2, 0) is 21.4 Å². The zero-order chi connectivity index (χ0) is 19.2. The molecule has 26 heavy (non-hydrogen) atoms. The minimum Gasteiger partial charge on any atom is -0.352 e. The number of amides is 1. The fourth-order valence-electron chi connectivity index (χ4n) is 2.76. The Morgan fingerprint density at radius 3 is 2.46 bits per heavy atom. The predicted molar refractivity (Wildman–Crippen MR) is 103 cm³/mol. The van der Waals surface area contributed by atoms with Gasteiger partial charge in [0.25, 0.3) is 0 Å². The van der Waals surface area contributed by atoms with E-state index in [9.17, 15) is 13.2 Å². The van der Waals surface area contributed by atoms with Gasteiger partial charge in [-0.05, 0) is 55.2 Å². The first-order valence-electron chi connectivity index (χ1n) is 8.47. The second-order valence-corrected chi connectivity index (χ2v) is 8.33. The lowest BCUT2D eigenvalue weighted by atomic mass is 10.1. The van der Waals surface area contributed by atoms with Crippen LogP contribution in [0.3, 0.4) is 0 Å². The number of carbonyl (C=O) groups excluding carboxylic acids is 1. The lowest BCUT2D eigenvalue weighted by Gasteiger charge is -2.23. The van der Waals surface area contributed by atoms with Crippen molar-refractivity contribution in [3.05, 3.63) is 59.4 Å². The Morgan fingerprint density at radius 1 is 1.19 bits per heavy atom. The van der Waals surface area contributed by atoms with Gasteiger partial charge in [-0.25, -0.2) is 8.42 Å². The van der Waals surface area contributed by atoms with Gasteiger partial charge in [-0.1, -0.05) is 12.1 Å². The summed E-state index contributed by atoms with van der Waals surface area (Å²) < 4.78 is 25.7. The molecule has 2 rings (SSSR count). The van der Waals surface area contributed by atoms with Gasteiger partial charge in [0.15, 0.2) is 0 Å². The molecule has 0 fully saturated rings. The van der Waals surface area contributed by atoms with Crippen molar-refractivity contribution in [3.8, 4) is 0 Å². The maximum absolute atomic E-state index is 12.2. The summed E-state index contributed by atoms with van der Waals surface area (Å²) >= 11 is 0. The van der Waals surface area contributed by atoms with E-state index in [0.717, 1.165) is 16.7 Å². The van der Waals surface area contributed by atoms with Crippen molar-refractivity contribution in [3.63, 3.8) is 0 Å². The van der Waals surface area contributed by atoms with Gasteiger partial charge >= 0.3 is 0 Å². The topological polar surface area (TPSA) is 79.4 Å². The summed E-state index contributed by atoms with van der Waals surface area (Å²) in [6.45, 7) is 4.55. The molecule has 1 amide bonds. The molecule has 1 aromatic carbocycles. The summed E-state index contributed by atoms with van der Waals surface area (Å²) in [5.41, 5.74) is 3.57. The van der Waals surface area contributed by atoms with Gasteiger partial charge in [0, 0.05) is 31.9 Å².